The van der Waals surface area contributed by atoms with Gasteiger partial charge in [-0.15, -0.1) is 6.42 Å². The highest BCUT2D eigenvalue weighted by atomic mass is 16.6. The van der Waals surface area contributed by atoms with E-state index in [1.165, 1.54) is 12.8 Å². The molecule has 312 valence electrons. The molecule has 1 rings (SSSR count). The second-order valence-electron chi connectivity index (χ2n) is 11.5. The second-order valence-corrected chi connectivity index (χ2v) is 11.5. The largest absolute Gasteiger partial charge is 0.379 e. The normalized spacial score (nSPS) is 13.2. The zero-order valence-electron chi connectivity index (χ0n) is 32.1. The van der Waals surface area contributed by atoms with Crippen molar-refractivity contribution in [3.63, 3.8) is 0 Å². The topological polar surface area (TPSA) is 158 Å². The predicted molar refractivity (Wildman–Crippen MR) is 195 cm³/mol. The molecule has 0 aromatic heterocycles. The minimum Gasteiger partial charge on any atom is -0.379 e. The van der Waals surface area contributed by atoms with Gasteiger partial charge in [-0.3, -0.25) is 4.79 Å². The van der Waals surface area contributed by atoms with E-state index in [0.29, 0.717) is 197 Å². The Morgan fingerprint density at radius 1 is 0.396 bits per heavy atom. The van der Waals surface area contributed by atoms with Crippen LogP contribution in [-0.2, 0) is 71.1 Å². The van der Waals surface area contributed by atoms with Gasteiger partial charge in [-0.25, -0.2) is 0 Å². The van der Waals surface area contributed by atoms with Gasteiger partial charge in [0, 0.05) is 12.5 Å². The van der Waals surface area contributed by atoms with Crippen molar-refractivity contribution in [2.24, 2.45) is 0 Å². The van der Waals surface area contributed by atoms with E-state index in [-0.39, 0.29) is 5.91 Å². The van der Waals surface area contributed by atoms with Crippen molar-refractivity contribution >= 4 is 5.91 Å². The molecule has 16 heteroatoms. The van der Waals surface area contributed by atoms with Crippen LogP contribution in [0.4, 0.5) is 0 Å². The standard InChI is InChI=1S/C37H69NO15/c1-2-8-40-10-12-42-14-16-44-18-20-46-22-24-48-26-28-50-30-32-52-34-35-53-33-31-51-29-27-49-25-23-47-21-19-45-17-15-43-13-11-41-9-7-37(39)38-36-5-3-4-6-36/h1,36H,3-35H2,(H,38,39). The van der Waals surface area contributed by atoms with Gasteiger partial charge in [-0.1, -0.05) is 18.8 Å². The summed E-state index contributed by atoms with van der Waals surface area (Å²) >= 11 is 0. The van der Waals surface area contributed by atoms with Crippen LogP contribution in [-0.4, -0.2) is 197 Å². The third-order valence-corrected chi connectivity index (χ3v) is 7.22. The van der Waals surface area contributed by atoms with Crippen molar-refractivity contribution in [1.82, 2.24) is 5.32 Å². The van der Waals surface area contributed by atoms with E-state index in [4.69, 9.17) is 72.7 Å². The summed E-state index contributed by atoms with van der Waals surface area (Å²) in [5.74, 6) is 2.47. The molecule has 0 aromatic carbocycles. The van der Waals surface area contributed by atoms with Crippen LogP contribution in [0.3, 0.4) is 0 Å². The number of carbonyl (C=O) groups is 1. The molecule has 1 saturated carbocycles. The van der Waals surface area contributed by atoms with Crippen molar-refractivity contribution in [1.29, 1.82) is 0 Å². The monoisotopic (exact) mass is 767 g/mol. The molecule has 0 aliphatic heterocycles. The van der Waals surface area contributed by atoms with Crippen molar-refractivity contribution in [2.45, 2.75) is 38.1 Å². The number of nitrogens with one attached hydrogen (secondary N) is 1. The fourth-order valence-corrected chi connectivity index (χ4v) is 4.52. The van der Waals surface area contributed by atoms with Gasteiger partial charge in [0.1, 0.15) is 6.61 Å². The van der Waals surface area contributed by atoms with Gasteiger partial charge in [0.2, 0.25) is 5.91 Å². The first-order valence-electron chi connectivity index (χ1n) is 19.1. The minimum absolute atomic E-state index is 0.0699. The van der Waals surface area contributed by atoms with Crippen LogP contribution in [0.15, 0.2) is 0 Å². The van der Waals surface area contributed by atoms with Gasteiger partial charge >= 0.3 is 0 Å². The molecule has 1 amide bonds. The van der Waals surface area contributed by atoms with Crippen LogP contribution >= 0.6 is 0 Å². The van der Waals surface area contributed by atoms with Crippen LogP contribution in [0.2, 0.25) is 0 Å². The number of hydrogen-bond acceptors (Lipinski definition) is 15. The molecule has 0 unspecified atom stereocenters. The summed E-state index contributed by atoms with van der Waals surface area (Å²) in [6.45, 7) is 13.6. The van der Waals surface area contributed by atoms with Gasteiger partial charge in [0.05, 0.1) is 178 Å². The lowest BCUT2D eigenvalue weighted by molar-refractivity contribution is -0.123. The molecule has 0 aromatic rings. The molecule has 1 aliphatic rings. The van der Waals surface area contributed by atoms with Gasteiger partial charge in [-0.2, -0.15) is 0 Å². The van der Waals surface area contributed by atoms with Crippen molar-refractivity contribution in [3.8, 4) is 12.3 Å². The Morgan fingerprint density at radius 3 is 0.868 bits per heavy atom. The molecule has 53 heavy (non-hydrogen) atoms. The zero-order chi connectivity index (χ0) is 37.8. The molecule has 1 fully saturated rings. The maximum atomic E-state index is 11.8. The minimum atomic E-state index is 0.0699. The Bertz CT molecular complexity index is 786. The second kappa shape index (κ2) is 43.2. The average Bonchev–Trinajstić information content (AvgIpc) is 3.68. The number of hydrogen-bond donors (Lipinski definition) is 1. The number of rotatable bonds is 44. The van der Waals surface area contributed by atoms with Crippen LogP contribution in [0.5, 0.6) is 0 Å². The van der Waals surface area contributed by atoms with E-state index in [2.05, 4.69) is 11.2 Å². The van der Waals surface area contributed by atoms with E-state index >= 15 is 0 Å². The van der Waals surface area contributed by atoms with E-state index in [1.807, 2.05) is 0 Å². The fraction of sp³-hybridized carbons (Fsp3) is 0.919. The highest BCUT2D eigenvalue weighted by Gasteiger charge is 2.16. The summed E-state index contributed by atoms with van der Waals surface area (Å²) in [6.07, 6.45) is 10.1. The molecule has 0 radical (unpaired) electrons. The molecule has 0 saturated heterocycles. The third-order valence-electron chi connectivity index (χ3n) is 7.22. The Hall–Kier alpha value is -1.53. The van der Waals surface area contributed by atoms with E-state index in [9.17, 15) is 4.79 Å². The van der Waals surface area contributed by atoms with Crippen molar-refractivity contribution in [3.05, 3.63) is 0 Å². The summed E-state index contributed by atoms with van der Waals surface area (Å²) in [4.78, 5) is 11.8. The fourth-order valence-electron chi connectivity index (χ4n) is 4.52. The number of terminal acetylenes is 1. The molecule has 0 atom stereocenters. The van der Waals surface area contributed by atoms with Gasteiger partial charge < -0.3 is 71.6 Å². The first kappa shape index (κ1) is 49.5. The first-order valence-corrected chi connectivity index (χ1v) is 19.1. The Labute approximate surface area is 317 Å². The lowest BCUT2D eigenvalue weighted by Gasteiger charge is -2.11. The van der Waals surface area contributed by atoms with Gasteiger partial charge in [-0.05, 0) is 12.8 Å². The van der Waals surface area contributed by atoms with Crippen molar-refractivity contribution in [2.75, 3.05) is 185 Å². The Morgan fingerprint density at radius 2 is 0.623 bits per heavy atom. The number of ether oxygens (including phenoxy) is 14. The highest BCUT2D eigenvalue weighted by molar-refractivity contribution is 5.76. The maximum Gasteiger partial charge on any atom is 0.222 e. The summed E-state index contributed by atoms with van der Waals surface area (Å²) in [6, 6.07) is 0.356. The van der Waals surface area contributed by atoms with Crippen LogP contribution in [0, 0.1) is 12.3 Å². The quantitative estimate of drug-likeness (QED) is 0.0699. The number of amides is 1. The van der Waals surface area contributed by atoms with Crippen LogP contribution in [0.1, 0.15) is 32.1 Å². The lowest BCUT2D eigenvalue weighted by Crippen LogP contribution is -2.33. The lowest BCUT2D eigenvalue weighted by atomic mass is 10.2. The summed E-state index contributed by atoms with van der Waals surface area (Å²) in [7, 11) is 0. The Kier molecular flexibility index (Phi) is 40.3. The van der Waals surface area contributed by atoms with Crippen LogP contribution in [0.25, 0.3) is 0 Å². The third kappa shape index (κ3) is 40.0. The van der Waals surface area contributed by atoms with Gasteiger partial charge in [0.15, 0.2) is 0 Å². The average molecular weight is 768 g/mol. The molecule has 0 bridgehead atoms. The van der Waals surface area contributed by atoms with E-state index in [0.717, 1.165) is 12.8 Å². The molecular weight excluding hydrogens is 698 g/mol. The smallest absolute Gasteiger partial charge is 0.222 e. The van der Waals surface area contributed by atoms with Gasteiger partial charge in [0.25, 0.3) is 0 Å². The molecule has 1 aliphatic carbocycles. The first-order chi connectivity index (χ1) is 26.3. The maximum absolute atomic E-state index is 11.8. The predicted octanol–water partition coefficient (Wildman–Crippen LogP) is 1.30. The van der Waals surface area contributed by atoms with Crippen molar-refractivity contribution < 1.29 is 71.1 Å². The SMILES string of the molecule is C#CCOCCOCCOCCOCCOCCOCCOCCOCCOCCOCCOCCOCCOCCOCCC(=O)NC1CCCC1. The van der Waals surface area contributed by atoms with Crippen LogP contribution < -0.4 is 5.32 Å². The highest BCUT2D eigenvalue weighted by Crippen LogP contribution is 2.17. The summed E-state index contributed by atoms with van der Waals surface area (Å²) in [5.41, 5.74) is 0. The molecule has 16 nitrogen and oxygen atoms in total. The number of carbonyl (C=O) groups excluding carboxylic acids is 1. The summed E-state index contributed by atoms with van der Waals surface area (Å²) < 4.78 is 76.1. The summed E-state index contributed by atoms with van der Waals surface area (Å²) in [5, 5.41) is 3.05. The zero-order valence-corrected chi connectivity index (χ0v) is 32.1. The molecule has 0 heterocycles. The van der Waals surface area contributed by atoms with E-state index < -0.39 is 0 Å². The molecule has 1 N–H and O–H groups in total. The molecular formula is C37H69NO15. The van der Waals surface area contributed by atoms with E-state index in [1.54, 1.807) is 0 Å². The molecule has 0 spiro atoms. The Balaban J connectivity index is 1.60.